The topological polar surface area (TPSA) is 84.0 Å². The molecule has 0 bridgehead atoms. The van der Waals surface area contributed by atoms with Gasteiger partial charge in [-0.3, -0.25) is 9.59 Å². The lowest BCUT2D eigenvalue weighted by atomic mass is 10.1. The van der Waals surface area contributed by atoms with E-state index in [4.69, 9.17) is 0 Å². The van der Waals surface area contributed by atoms with Crippen molar-refractivity contribution >= 4 is 28.8 Å². The van der Waals surface area contributed by atoms with Crippen LogP contribution in [0.2, 0.25) is 0 Å². The first-order chi connectivity index (χ1) is 13.1. The van der Waals surface area contributed by atoms with Crippen LogP contribution in [0, 0.1) is 0 Å². The molecule has 0 saturated heterocycles. The number of aryl methyl sites for hydroxylation is 1. The number of amides is 2. The zero-order valence-electron chi connectivity index (χ0n) is 14.9. The maximum atomic E-state index is 12.3. The zero-order valence-corrected chi connectivity index (χ0v) is 15.7. The number of rotatable bonds is 7. The average Bonchev–Trinajstić information content (AvgIpc) is 3.19. The third-order valence-corrected chi connectivity index (χ3v) is 4.85. The van der Waals surface area contributed by atoms with Gasteiger partial charge in [0.25, 0.3) is 11.8 Å². The number of hydrogen-bond acceptors (Lipinski definition) is 5. The third kappa shape index (κ3) is 5.46. The normalized spacial score (nSPS) is 11.6. The summed E-state index contributed by atoms with van der Waals surface area (Å²) in [4.78, 5) is 24.5. The SMILES string of the molecule is C[C@@H](CCc1ccccc1)NC(=O)c1nnc(C(=O)Nc2ccccc2)s1. The number of aromatic nitrogens is 2. The fourth-order valence-electron chi connectivity index (χ4n) is 2.50. The second-order valence-electron chi connectivity index (χ2n) is 6.13. The molecule has 2 aromatic carbocycles. The minimum atomic E-state index is -0.380. The molecule has 1 atom stereocenters. The van der Waals surface area contributed by atoms with E-state index in [-0.39, 0.29) is 27.9 Å². The lowest BCUT2D eigenvalue weighted by molar-refractivity contribution is 0.0936. The quantitative estimate of drug-likeness (QED) is 0.657. The lowest BCUT2D eigenvalue weighted by Crippen LogP contribution is -2.32. The predicted octanol–water partition coefficient (Wildman–Crippen LogP) is 3.54. The van der Waals surface area contributed by atoms with E-state index in [1.807, 2.05) is 43.3 Å². The molecular weight excluding hydrogens is 360 g/mol. The second kappa shape index (κ2) is 9.05. The third-order valence-electron chi connectivity index (χ3n) is 3.93. The summed E-state index contributed by atoms with van der Waals surface area (Å²) in [6, 6.07) is 19.2. The van der Waals surface area contributed by atoms with E-state index < -0.39 is 0 Å². The Kier molecular flexibility index (Phi) is 6.27. The highest BCUT2D eigenvalue weighted by Crippen LogP contribution is 2.14. The number of benzene rings is 2. The lowest BCUT2D eigenvalue weighted by Gasteiger charge is -2.12. The van der Waals surface area contributed by atoms with Gasteiger partial charge in [0.1, 0.15) is 0 Å². The van der Waals surface area contributed by atoms with Gasteiger partial charge in [0.15, 0.2) is 0 Å². The van der Waals surface area contributed by atoms with Crippen LogP contribution in [-0.4, -0.2) is 28.1 Å². The Hall–Kier alpha value is -3.06. The van der Waals surface area contributed by atoms with Gasteiger partial charge in [-0.05, 0) is 37.5 Å². The molecule has 6 nitrogen and oxygen atoms in total. The zero-order chi connectivity index (χ0) is 19.1. The van der Waals surface area contributed by atoms with Gasteiger partial charge >= 0.3 is 0 Å². The van der Waals surface area contributed by atoms with Crippen LogP contribution in [0.3, 0.4) is 0 Å². The fraction of sp³-hybridized carbons (Fsp3) is 0.200. The number of carbonyl (C=O) groups excluding carboxylic acids is 2. The summed E-state index contributed by atoms with van der Waals surface area (Å²) in [6.45, 7) is 1.95. The molecule has 0 aliphatic carbocycles. The molecule has 1 aromatic heterocycles. The molecule has 3 rings (SSSR count). The van der Waals surface area contributed by atoms with Crippen molar-refractivity contribution in [2.24, 2.45) is 0 Å². The van der Waals surface area contributed by atoms with E-state index in [1.165, 1.54) is 5.56 Å². The van der Waals surface area contributed by atoms with Crippen molar-refractivity contribution in [2.45, 2.75) is 25.8 Å². The summed E-state index contributed by atoms with van der Waals surface area (Å²) >= 11 is 0.978. The molecule has 0 spiro atoms. The fourth-order valence-corrected chi connectivity index (χ4v) is 3.14. The molecule has 3 aromatic rings. The van der Waals surface area contributed by atoms with Gasteiger partial charge in [0.2, 0.25) is 10.0 Å². The minimum Gasteiger partial charge on any atom is -0.347 e. The van der Waals surface area contributed by atoms with Crippen LogP contribution in [0.15, 0.2) is 60.7 Å². The molecule has 0 fully saturated rings. The van der Waals surface area contributed by atoms with Crippen LogP contribution in [0.25, 0.3) is 0 Å². The Bertz CT molecular complexity index is 897. The summed E-state index contributed by atoms with van der Waals surface area (Å²) in [5, 5.41) is 13.6. The number of nitrogens with zero attached hydrogens (tertiary/aromatic N) is 2. The van der Waals surface area contributed by atoms with E-state index in [2.05, 4.69) is 33.0 Å². The van der Waals surface area contributed by atoms with Crippen molar-refractivity contribution < 1.29 is 9.59 Å². The number of nitrogens with one attached hydrogen (secondary N) is 2. The maximum Gasteiger partial charge on any atom is 0.286 e. The summed E-state index contributed by atoms with van der Waals surface area (Å²) in [5.74, 6) is -0.693. The van der Waals surface area contributed by atoms with Crippen molar-refractivity contribution in [1.82, 2.24) is 15.5 Å². The summed E-state index contributed by atoms with van der Waals surface area (Å²) in [7, 11) is 0. The molecule has 7 heteroatoms. The van der Waals surface area contributed by atoms with Crippen LogP contribution >= 0.6 is 11.3 Å². The van der Waals surface area contributed by atoms with Gasteiger partial charge in [-0.25, -0.2) is 0 Å². The Labute approximate surface area is 161 Å². The van der Waals surface area contributed by atoms with E-state index in [0.717, 1.165) is 24.2 Å². The summed E-state index contributed by atoms with van der Waals surface area (Å²) < 4.78 is 0. The highest BCUT2D eigenvalue weighted by molar-refractivity contribution is 7.15. The Balaban J connectivity index is 1.52. The standard InChI is InChI=1S/C20H20N4O2S/c1-14(12-13-15-8-4-2-5-9-15)21-17(25)19-23-24-20(27-19)18(26)22-16-10-6-3-7-11-16/h2-11,14H,12-13H2,1H3,(H,21,25)(H,22,26)/t14-/m0/s1. The average molecular weight is 380 g/mol. The van der Waals surface area contributed by atoms with Crippen molar-refractivity contribution in [3.63, 3.8) is 0 Å². The van der Waals surface area contributed by atoms with Gasteiger partial charge in [-0.2, -0.15) is 0 Å². The molecule has 0 aliphatic rings. The van der Waals surface area contributed by atoms with Gasteiger partial charge in [-0.1, -0.05) is 59.9 Å². The van der Waals surface area contributed by atoms with Crippen LogP contribution in [0.5, 0.6) is 0 Å². The summed E-state index contributed by atoms with van der Waals surface area (Å²) in [5.41, 5.74) is 1.90. The van der Waals surface area contributed by atoms with Crippen LogP contribution < -0.4 is 10.6 Å². The highest BCUT2D eigenvalue weighted by Gasteiger charge is 2.18. The van der Waals surface area contributed by atoms with Crippen molar-refractivity contribution in [1.29, 1.82) is 0 Å². The Morgan fingerprint density at radius 3 is 2.19 bits per heavy atom. The van der Waals surface area contributed by atoms with Gasteiger partial charge in [-0.15, -0.1) is 10.2 Å². The van der Waals surface area contributed by atoms with Gasteiger partial charge in [0, 0.05) is 11.7 Å². The molecule has 0 radical (unpaired) electrons. The molecule has 2 amide bonds. The molecule has 0 saturated carbocycles. The number of para-hydroxylation sites is 1. The second-order valence-corrected chi connectivity index (χ2v) is 7.11. The molecule has 0 aliphatic heterocycles. The van der Waals surface area contributed by atoms with Crippen molar-refractivity contribution in [3.8, 4) is 0 Å². The van der Waals surface area contributed by atoms with Crippen molar-refractivity contribution in [2.75, 3.05) is 5.32 Å². The van der Waals surface area contributed by atoms with E-state index in [1.54, 1.807) is 12.1 Å². The molecule has 138 valence electrons. The predicted molar refractivity (Wildman–Crippen MR) is 106 cm³/mol. The monoisotopic (exact) mass is 380 g/mol. The minimum absolute atomic E-state index is 0.0109. The Morgan fingerprint density at radius 2 is 1.52 bits per heavy atom. The molecule has 1 heterocycles. The van der Waals surface area contributed by atoms with Crippen LogP contribution in [-0.2, 0) is 6.42 Å². The first-order valence-electron chi connectivity index (χ1n) is 8.66. The van der Waals surface area contributed by atoms with Crippen LogP contribution in [0.4, 0.5) is 5.69 Å². The molecular formula is C20H20N4O2S. The number of anilines is 1. The molecule has 2 N–H and O–H groups in total. The van der Waals surface area contributed by atoms with E-state index >= 15 is 0 Å². The summed E-state index contributed by atoms with van der Waals surface area (Å²) in [6.07, 6.45) is 1.69. The first-order valence-corrected chi connectivity index (χ1v) is 9.48. The van der Waals surface area contributed by atoms with Crippen LogP contribution in [0.1, 0.15) is 38.5 Å². The first kappa shape index (κ1) is 18.7. The van der Waals surface area contributed by atoms with E-state index in [9.17, 15) is 9.59 Å². The molecule has 27 heavy (non-hydrogen) atoms. The molecule has 0 unspecified atom stereocenters. The van der Waals surface area contributed by atoms with Gasteiger partial charge < -0.3 is 10.6 Å². The number of hydrogen-bond donors (Lipinski definition) is 2. The smallest absolute Gasteiger partial charge is 0.286 e. The number of carbonyl (C=O) groups is 2. The Morgan fingerprint density at radius 1 is 0.926 bits per heavy atom. The maximum absolute atomic E-state index is 12.3. The van der Waals surface area contributed by atoms with E-state index in [0.29, 0.717) is 5.69 Å². The van der Waals surface area contributed by atoms with Crippen molar-refractivity contribution in [3.05, 3.63) is 76.2 Å². The van der Waals surface area contributed by atoms with Gasteiger partial charge in [0.05, 0.1) is 0 Å². The largest absolute Gasteiger partial charge is 0.347 e. The highest BCUT2D eigenvalue weighted by atomic mass is 32.1.